The van der Waals surface area contributed by atoms with Gasteiger partial charge in [-0.3, -0.25) is 9.59 Å². The summed E-state index contributed by atoms with van der Waals surface area (Å²) in [5.41, 5.74) is 0. The first-order chi connectivity index (χ1) is 7.22. The van der Waals surface area contributed by atoms with Crippen LogP contribution in [0, 0.1) is 5.92 Å². The van der Waals surface area contributed by atoms with Gasteiger partial charge in [0.2, 0.25) is 11.8 Å². The Kier molecular flexibility index (Phi) is 2.90. The third kappa shape index (κ3) is 1.97. The molecule has 5 heteroatoms. The van der Waals surface area contributed by atoms with Crippen molar-refractivity contribution in [3.8, 4) is 0 Å². The van der Waals surface area contributed by atoms with Crippen LogP contribution in [0.25, 0.3) is 0 Å². The molecule has 1 unspecified atom stereocenters. The molecule has 0 saturated carbocycles. The van der Waals surface area contributed by atoms with E-state index < -0.39 is 0 Å². The fourth-order valence-electron chi connectivity index (χ4n) is 2.33. The van der Waals surface area contributed by atoms with Crippen LogP contribution in [-0.2, 0) is 9.59 Å². The van der Waals surface area contributed by atoms with Crippen LogP contribution in [0.1, 0.15) is 19.3 Å². The van der Waals surface area contributed by atoms with E-state index in [1.807, 2.05) is 0 Å². The molecule has 2 heterocycles. The molecule has 0 aromatic rings. The number of nitrogens with one attached hydrogen (secondary N) is 1. The Hall–Kier alpha value is -1.10. The lowest BCUT2D eigenvalue weighted by Crippen LogP contribution is -2.41. The molecule has 2 N–H and O–H groups in total. The van der Waals surface area contributed by atoms with Crippen molar-refractivity contribution in [2.75, 3.05) is 19.7 Å². The minimum atomic E-state index is -0.218. The molecule has 2 aliphatic heterocycles. The fraction of sp³-hybridized carbons (Fsp3) is 0.800. The second kappa shape index (κ2) is 4.18. The van der Waals surface area contributed by atoms with Crippen LogP contribution in [0.5, 0.6) is 0 Å². The molecule has 15 heavy (non-hydrogen) atoms. The predicted molar refractivity (Wildman–Crippen MR) is 52.9 cm³/mol. The molecule has 2 fully saturated rings. The smallest absolute Gasteiger partial charge is 0.228 e. The highest BCUT2D eigenvalue weighted by molar-refractivity contribution is 5.89. The third-order valence-corrected chi connectivity index (χ3v) is 3.20. The summed E-state index contributed by atoms with van der Waals surface area (Å²) < 4.78 is 0. The molecule has 0 aromatic heterocycles. The zero-order valence-electron chi connectivity index (χ0n) is 8.61. The normalized spacial score (nSPS) is 30.7. The molecule has 2 saturated heterocycles. The van der Waals surface area contributed by atoms with Gasteiger partial charge >= 0.3 is 0 Å². The van der Waals surface area contributed by atoms with Crippen LogP contribution >= 0.6 is 0 Å². The molecule has 2 aliphatic rings. The standard InChI is InChI=1S/C10H16N2O3/c13-6-8-2-1-3-12(8)10(15)7-4-9(14)11-5-7/h7-8,13H,1-6H2,(H,11,14)/t7?,8-/m0/s1. The Labute approximate surface area is 88.4 Å². The number of rotatable bonds is 2. The van der Waals surface area contributed by atoms with Crippen molar-refractivity contribution in [2.45, 2.75) is 25.3 Å². The van der Waals surface area contributed by atoms with Crippen molar-refractivity contribution in [3.05, 3.63) is 0 Å². The molecule has 2 amide bonds. The number of carbonyl (C=O) groups excluding carboxylic acids is 2. The van der Waals surface area contributed by atoms with Gasteiger partial charge in [-0.1, -0.05) is 0 Å². The van der Waals surface area contributed by atoms with E-state index in [-0.39, 0.29) is 30.4 Å². The SMILES string of the molecule is O=C1CC(C(=O)N2CCC[C@H]2CO)CN1. The van der Waals surface area contributed by atoms with Gasteiger partial charge in [0.25, 0.3) is 0 Å². The number of nitrogens with zero attached hydrogens (tertiary/aromatic N) is 1. The van der Waals surface area contributed by atoms with Crippen LogP contribution in [-0.4, -0.2) is 47.6 Å². The first kappa shape index (κ1) is 10.4. The lowest BCUT2D eigenvalue weighted by atomic mass is 10.1. The van der Waals surface area contributed by atoms with E-state index in [0.29, 0.717) is 13.0 Å². The quantitative estimate of drug-likeness (QED) is 0.623. The van der Waals surface area contributed by atoms with E-state index in [4.69, 9.17) is 5.11 Å². The summed E-state index contributed by atoms with van der Waals surface area (Å²) in [6.07, 6.45) is 2.12. The number of aliphatic hydroxyl groups is 1. The number of hydrogen-bond donors (Lipinski definition) is 2. The number of hydrogen-bond acceptors (Lipinski definition) is 3. The lowest BCUT2D eigenvalue weighted by Gasteiger charge is -2.25. The van der Waals surface area contributed by atoms with Gasteiger partial charge in [0.1, 0.15) is 0 Å². The van der Waals surface area contributed by atoms with Crippen LogP contribution in [0.3, 0.4) is 0 Å². The summed E-state index contributed by atoms with van der Waals surface area (Å²) in [5, 5.41) is 11.8. The lowest BCUT2D eigenvalue weighted by molar-refractivity contribution is -0.137. The number of carbonyl (C=O) groups is 2. The topological polar surface area (TPSA) is 69.6 Å². The number of likely N-dealkylation sites (tertiary alicyclic amines) is 1. The van der Waals surface area contributed by atoms with Gasteiger partial charge < -0.3 is 15.3 Å². The molecular weight excluding hydrogens is 196 g/mol. The summed E-state index contributed by atoms with van der Waals surface area (Å²) in [4.78, 5) is 24.7. The van der Waals surface area contributed by atoms with Crippen molar-refractivity contribution in [1.82, 2.24) is 10.2 Å². The number of amides is 2. The first-order valence-electron chi connectivity index (χ1n) is 5.40. The second-order valence-electron chi connectivity index (χ2n) is 4.22. The summed E-state index contributed by atoms with van der Waals surface area (Å²) in [6.45, 7) is 1.20. The van der Waals surface area contributed by atoms with Crippen LogP contribution in [0.4, 0.5) is 0 Å². The van der Waals surface area contributed by atoms with Gasteiger partial charge in [0, 0.05) is 19.5 Å². The monoisotopic (exact) mass is 212 g/mol. The van der Waals surface area contributed by atoms with Gasteiger partial charge in [0.05, 0.1) is 18.6 Å². The van der Waals surface area contributed by atoms with E-state index in [2.05, 4.69) is 5.32 Å². The minimum absolute atomic E-state index is 0.0184. The maximum absolute atomic E-state index is 12.0. The molecule has 0 radical (unpaired) electrons. The van der Waals surface area contributed by atoms with Crippen molar-refractivity contribution in [1.29, 1.82) is 0 Å². The van der Waals surface area contributed by atoms with E-state index in [1.54, 1.807) is 4.90 Å². The summed E-state index contributed by atoms with van der Waals surface area (Å²) in [6, 6.07) is -0.0341. The molecule has 5 nitrogen and oxygen atoms in total. The average Bonchev–Trinajstić information content (AvgIpc) is 2.84. The predicted octanol–water partition coefficient (Wildman–Crippen LogP) is -0.894. The summed E-state index contributed by atoms with van der Waals surface area (Å²) in [7, 11) is 0. The van der Waals surface area contributed by atoms with E-state index >= 15 is 0 Å². The molecule has 2 atom stereocenters. The zero-order valence-corrected chi connectivity index (χ0v) is 8.61. The molecular formula is C10H16N2O3. The Morgan fingerprint density at radius 3 is 3.00 bits per heavy atom. The maximum Gasteiger partial charge on any atom is 0.228 e. The van der Waals surface area contributed by atoms with Gasteiger partial charge in [0.15, 0.2) is 0 Å². The van der Waals surface area contributed by atoms with E-state index in [9.17, 15) is 9.59 Å². The van der Waals surface area contributed by atoms with Crippen molar-refractivity contribution < 1.29 is 14.7 Å². The highest BCUT2D eigenvalue weighted by Crippen LogP contribution is 2.21. The van der Waals surface area contributed by atoms with E-state index in [0.717, 1.165) is 19.4 Å². The molecule has 0 spiro atoms. The zero-order chi connectivity index (χ0) is 10.8. The van der Waals surface area contributed by atoms with Gasteiger partial charge in [-0.2, -0.15) is 0 Å². The first-order valence-corrected chi connectivity index (χ1v) is 5.40. The minimum Gasteiger partial charge on any atom is -0.394 e. The molecule has 0 aromatic carbocycles. The second-order valence-corrected chi connectivity index (χ2v) is 4.22. The van der Waals surface area contributed by atoms with Gasteiger partial charge in [-0.05, 0) is 12.8 Å². The summed E-state index contributed by atoms with van der Waals surface area (Å²) >= 11 is 0. The Balaban J connectivity index is 1.98. The van der Waals surface area contributed by atoms with E-state index in [1.165, 1.54) is 0 Å². The fourth-order valence-corrected chi connectivity index (χ4v) is 2.33. The third-order valence-electron chi connectivity index (χ3n) is 3.20. The Morgan fingerprint density at radius 2 is 2.40 bits per heavy atom. The largest absolute Gasteiger partial charge is 0.394 e. The van der Waals surface area contributed by atoms with Crippen molar-refractivity contribution in [2.24, 2.45) is 5.92 Å². The molecule has 0 bridgehead atoms. The average molecular weight is 212 g/mol. The van der Waals surface area contributed by atoms with Crippen LogP contribution in [0.15, 0.2) is 0 Å². The van der Waals surface area contributed by atoms with Gasteiger partial charge in [-0.15, -0.1) is 0 Å². The van der Waals surface area contributed by atoms with Crippen molar-refractivity contribution >= 4 is 11.8 Å². The molecule has 84 valence electrons. The van der Waals surface area contributed by atoms with Crippen LogP contribution < -0.4 is 5.32 Å². The number of aliphatic hydroxyl groups excluding tert-OH is 1. The van der Waals surface area contributed by atoms with Crippen LogP contribution in [0.2, 0.25) is 0 Å². The molecule has 2 rings (SSSR count). The van der Waals surface area contributed by atoms with Crippen molar-refractivity contribution in [3.63, 3.8) is 0 Å². The summed E-state index contributed by atoms with van der Waals surface area (Å²) in [5.74, 6) is -0.248. The molecule has 0 aliphatic carbocycles. The Bertz CT molecular complexity index is 280. The maximum atomic E-state index is 12.0. The Morgan fingerprint density at radius 1 is 1.60 bits per heavy atom. The highest BCUT2D eigenvalue weighted by atomic mass is 16.3. The highest BCUT2D eigenvalue weighted by Gasteiger charge is 2.36. The van der Waals surface area contributed by atoms with Gasteiger partial charge in [-0.25, -0.2) is 0 Å².